The van der Waals surface area contributed by atoms with Crippen LogP contribution in [-0.2, 0) is 26.2 Å². The van der Waals surface area contributed by atoms with Gasteiger partial charge in [0.2, 0.25) is 5.91 Å². The van der Waals surface area contributed by atoms with E-state index in [0.717, 1.165) is 57.1 Å². The first-order chi connectivity index (χ1) is 21.7. The van der Waals surface area contributed by atoms with Gasteiger partial charge in [0.05, 0.1) is 12.7 Å². The smallest absolute Gasteiger partial charge is 0.429 e. The molecule has 1 aromatic heterocycles. The Morgan fingerprint density at radius 1 is 1.02 bits per heavy atom. The number of hydrogen-bond donors (Lipinski definition) is 0. The molecule has 1 aliphatic heterocycles. The summed E-state index contributed by atoms with van der Waals surface area (Å²) in [7, 11) is 0. The molecule has 1 saturated heterocycles. The molecule has 0 spiro atoms. The number of ether oxygens (including phenoxy) is 1. The summed E-state index contributed by atoms with van der Waals surface area (Å²) >= 11 is 0. The van der Waals surface area contributed by atoms with E-state index < -0.39 is 11.7 Å². The Morgan fingerprint density at radius 2 is 1.72 bits per heavy atom. The molecule has 7 rings (SSSR count). The average Bonchev–Trinajstić information content (AvgIpc) is 3.56. The zero-order valence-corrected chi connectivity index (χ0v) is 30.5. The van der Waals surface area contributed by atoms with Crippen LogP contribution in [0.15, 0.2) is 22.4 Å². The van der Waals surface area contributed by atoms with E-state index in [2.05, 4.69) is 59.7 Å². The highest BCUT2D eigenvalue weighted by Crippen LogP contribution is 2.74. The molecule has 0 N–H and O–H groups in total. The van der Waals surface area contributed by atoms with Crippen LogP contribution in [0, 0.1) is 44.8 Å². The number of allylic oxidation sites excluding steroid dienone is 2. The van der Waals surface area contributed by atoms with Gasteiger partial charge < -0.3 is 9.26 Å². The van der Waals surface area contributed by atoms with Crippen molar-refractivity contribution in [3.8, 4) is 0 Å². The van der Waals surface area contributed by atoms with Crippen molar-refractivity contribution in [2.45, 2.75) is 138 Å². The molecule has 1 aromatic rings. The first-order valence-electron chi connectivity index (χ1n) is 18.2. The van der Waals surface area contributed by atoms with Gasteiger partial charge in [0, 0.05) is 29.9 Å². The number of hydrogen-bond acceptors (Lipinski definition) is 6. The number of aromatic nitrogens is 1. The summed E-state index contributed by atoms with van der Waals surface area (Å²) in [4.78, 5) is 41.8. The molecule has 0 unspecified atom stereocenters. The maximum Gasteiger partial charge on any atom is 0.429 e. The second kappa shape index (κ2) is 9.97. The van der Waals surface area contributed by atoms with Crippen molar-refractivity contribution in [3.63, 3.8) is 0 Å². The Kier molecular flexibility index (Phi) is 6.97. The minimum absolute atomic E-state index is 0.0227. The molecule has 47 heavy (non-hydrogen) atoms. The van der Waals surface area contributed by atoms with E-state index >= 15 is 0 Å². The third kappa shape index (κ3) is 4.57. The highest BCUT2D eigenvalue weighted by Gasteiger charge is 2.70. The Morgan fingerprint density at radius 3 is 2.43 bits per heavy atom. The van der Waals surface area contributed by atoms with Crippen LogP contribution >= 0.6 is 0 Å². The van der Waals surface area contributed by atoms with Gasteiger partial charge in [0.15, 0.2) is 5.78 Å². The van der Waals surface area contributed by atoms with Crippen LogP contribution in [0.1, 0.15) is 132 Å². The molecule has 7 atom stereocenters. The van der Waals surface area contributed by atoms with E-state index in [9.17, 15) is 14.4 Å². The fourth-order valence-corrected chi connectivity index (χ4v) is 12.2. The van der Waals surface area contributed by atoms with Crippen LogP contribution in [0.25, 0.3) is 0 Å². The van der Waals surface area contributed by atoms with Gasteiger partial charge in [0.25, 0.3) is 0 Å². The first kappa shape index (κ1) is 32.9. The number of carbonyl (C=O) groups is 3. The molecule has 8 heteroatoms. The fraction of sp³-hybridized carbons (Fsp3) is 0.795. The molecule has 2 heterocycles. The molecule has 4 fully saturated rings. The lowest BCUT2D eigenvalue weighted by atomic mass is 9.34. The van der Waals surface area contributed by atoms with Gasteiger partial charge in [-0.05, 0) is 117 Å². The van der Waals surface area contributed by atoms with Gasteiger partial charge in [-0.15, -0.1) is 0 Å². The second-order valence-electron chi connectivity index (χ2n) is 19.4. The van der Waals surface area contributed by atoms with E-state index in [1.54, 1.807) is 10.0 Å². The molecular formula is C39H57N3O5. The van der Waals surface area contributed by atoms with Crippen LogP contribution in [0.4, 0.5) is 4.79 Å². The zero-order chi connectivity index (χ0) is 34.2. The molecular weight excluding hydrogens is 590 g/mol. The van der Waals surface area contributed by atoms with Crippen molar-refractivity contribution in [1.82, 2.24) is 15.2 Å². The summed E-state index contributed by atoms with van der Waals surface area (Å²) in [5.74, 6) is 1.63. The molecule has 5 aliphatic carbocycles. The molecule has 6 aliphatic rings. The van der Waals surface area contributed by atoms with Crippen molar-refractivity contribution in [1.29, 1.82) is 0 Å². The lowest BCUT2D eigenvalue weighted by Crippen LogP contribution is -2.66. The summed E-state index contributed by atoms with van der Waals surface area (Å²) in [6, 6.07) is 0. The topological polar surface area (TPSA) is 93.0 Å². The molecule has 0 aromatic carbocycles. The van der Waals surface area contributed by atoms with Gasteiger partial charge in [-0.25, -0.2) is 14.8 Å². The minimum Gasteiger partial charge on any atom is -0.442 e. The monoisotopic (exact) mass is 647 g/mol. The minimum atomic E-state index is -0.649. The number of fused-ring (bicyclic) bond motifs is 8. The van der Waals surface area contributed by atoms with Crippen molar-refractivity contribution in [3.05, 3.63) is 29.2 Å². The summed E-state index contributed by atoms with van der Waals surface area (Å²) in [6.45, 7) is 23.0. The Bertz CT molecular complexity index is 1550. The number of amides is 2. The lowest BCUT2D eigenvalue weighted by molar-refractivity contribution is -0.182. The molecule has 2 amide bonds. The number of hydrazine groups is 1. The quantitative estimate of drug-likeness (QED) is 0.323. The molecule has 8 nitrogen and oxygen atoms in total. The number of nitrogens with zero attached hydrogens (tertiary/aromatic N) is 3. The summed E-state index contributed by atoms with van der Waals surface area (Å²) in [6.07, 6.45) is 11.7. The number of carbonyl (C=O) groups excluding carboxylic acids is 3. The van der Waals surface area contributed by atoms with Gasteiger partial charge in [0.1, 0.15) is 11.4 Å². The SMILES string of the molecule is CC1(C)CC[C@]2(CN3C(=O)CCN3C(=O)OC(C)(C)C)CC[C@]3(C)[C@H](C(=O)C=C4[C@@]5(C)Cc6cnoc6C(C)(C)[C@@H]5CC[C@]43C)[C@@H]2C1. The Hall–Kier alpha value is -2.64. The van der Waals surface area contributed by atoms with Crippen LogP contribution < -0.4 is 0 Å². The maximum absolute atomic E-state index is 15.0. The van der Waals surface area contributed by atoms with Gasteiger partial charge in [-0.1, -0.05) is 59.2 Å². The highest BCUT2D eigenvalue weighted by atomic mass is 16.6. The Balaban J connectivity index is 1.29. The highest BCUT2D eigenvalue weighted by molar-refractivity contribution is 5.95. The molecule has 258 valence electrons. The molecule has 3 saturated carbocycles. The summed E-state index contributed by atoms with van der Waals surface area (Å²) in [5, 5.41) is 7.47. The third-order valence-electron chi connectivity index (χ3n) is 14.7. The van der Waals surface area contributed by atoms with E-state index in [-0.39, 0.29) is 56.0 Å². The van der Waals surface area contributed by atoms with Crippen molar-refractivity contribution in [2.24, 2.45) is 44.8 Å². The fourth-order valence-electron chi connectivity index (χ4n) is 12.2. The zero-order valence-electron chi connectivity index (χ0n) is 30.5. The van der Waals surface area contributed by atoms with E-state index in [1.807, 2.05) is 27.0 Å². The summed E-state index contributed by atoms with van der Waals surface area (Å²) < 4.78 is 11.6. The second-order valence-corrected chi connectivity index (χ2v) is 19.4. The molecule has 0 radical (unpaired) electrons. The standard InChI is InChI=1S/C39H57N3O5/c1-33(2,3)46-32(45)41-18-12-29(44)42(41)23-39-16-14-34(4,5)21-25(39)30-26(43)19-28-36(8)20-24-22-40-47-31(24)35(6,7)27(36)11-13-37(28,9)38(30,10)15-17-39/h19,22,25,27,30H,11-18,20-21,23H2,1-10H3/t25-,27-,30-,36-,37+,38+,39+/m0/s1. The third-order valence-corrected chi connectivity index (χ3v) is 14.7. The van der Waals surface area contributed by atoms with E-state index in [0.29, 0.717) is 25.4 Å². The first-order valence-corrected chi connectivity index (χ1v) is 18.2. The van der Waals surface area contributed by atoms with Gasteiger partial charge in [-0.2, -0.15) is 0 Å². The maximum atomic E-state index is 15.0. The largest absolute Gasteiger partial charge is 0.442 e. The Labute approximate surface area is 281 Å². The van der Waals surface area contributed by atoms with E-state index in [4.69, 9.17) is 9.26 Å². The lowest BCUT2D eigenvalue weighted by Gasteiger charge is -2.70. The van der Waals surface area contributed by atoms with Gasteiger partial charge in [-0.3, -0.25) is 9.59 Å². The van der Waals surface area contributed by atoms with Crippen molar-refractivity contribution >= 4 is 17.8 Å². The predicted molar refractivity (Wildman–Crippen MR) is 179 cm³/mol. The van der Waals surface area contributed by atoms with Crippen molar-refractivity contribution < 1.29 is 23.6 Å². The summed E-state index contributed by atoms with van der Waals surface area (Å²) in [5.41, 5.74) is 1.09. The van der Waals surface area contributed by atoms with Crippen molar-refractivity contribution in [2.75, 3.05) is 13.1 Å². The van der Waals surface area contributed by atoms with Crippen LogP contribution in [0.3, 0.4) is 0 Å². The van der Waals surface area contributed by atoms with Crippen LogP contribution in [0.5, 0.6) is 0 Å². The normalized spacial score (nSPS) is 40.5. The average molecular weight is 648 g/mol. The predicted octanol–water partition coefficient (Wildman–Crippen LogP) is 8.05. The molecule has 0 bridgehead atoms. The van der Waals surface area contributed by atoms with Crippen LogP contribution in [-0.4, -0.2) is 51.6 Å². The van der Waals surface area contributed by atoms with Gasteiger partial charge >= 0.3 is 6.09 Å². The number of rotatable bonds is 2. The number of ketones is 1. The van der Waals surface area contributed by atoms with E-state index in [1.165, 1.54) is 11.1 Å². The van der Waals surface area contributed by atoms with Crippen LogP contribution in [0.2, 0.25) is 0 Å².